The maximum atomic E-state index is 12.0. The molecule has 6 heteroatoms. The maximum absolute atomic E-state index is 12.0. The van der Waals surface area contributed by atoms with E-state index in [1.54, 1.807) is 30.5 Å². The molecule has 0 aliphatic heterocycles. The van der Waals surface area contributed by atoms with Gasteiger partial charge in [0.25, 0.3) is 11.8 Å². The fraction of sp³-hybridized carbons (Fsp3) is 0.278. The van der Waals surface area contributed by atoms with E-state index in [0.717, 1.165) is 18.4 Å². The fourth-order valence-corrected chi connectivity index (χ4v) is 2.29. The number of aliphatic hydroxyl groups excluding tert-OH is 1. The molecule has 0 saturated heterocycles. The molecule has 1 saturated carbocycles. The second-order valence-electron chi connectivity index (χ2n) is 5.73. The van der Waals surface area contributed by atoms with E-state index in [0.29, 0.717) is 22.9 Å². The van der Waals surface area contributed by atoms with Gasteiger partial charge in [-0.05, 0) is 37.1 Å². The van der Waals surface area contributed by atoms with Crippen molar-refractivity contribution in [2.75, 3.05) is 13.2 Å². The lowest BCUT2D eigenvalue weighted by Crippen LogP contribution is -2.26. The van der Waals surface area contributed by atoms with Crippen LogP contribution in [0.1, 0.15) is 33.6 Å². The second kappa shape index (κ2) is 7.23. The van der Waals surface area contributed by atoms with Gasteiger partial charge in [-0.15, -0.1) is 0 Å². The average Bonchev–Trinajstić information content (AvgIpc) is 3.44. The Morgan fingerprint density at radius 3 is 2.50 bits per heavy atom. The Morgan fingerprint density at radius 2 is 1.83 bits per heavy atom. The largest absolute Gasteiger partial charge is 0.395 e. The highest BCUT2D eigenvalue weighted by molar-refractivity contribution is 5.96. The summed E-state index contributed by atoms with van der Waals surface area (Å²) >= 11 is 0. The summed E-state index contributed by atoms with van der Waals surface area (Å²) in [5, 5.41) is 14.3. The third-order valence-electron chi connectivity index (χ3n) is 3.77. The van der Waals surface area contributed by atoms with Crippen molar-refractivity contribution in [1.82, 2.24) is 15.6 Å². The first kappa shape index (κ1) is 16.1. The number of pyridine rings is 1. The zero-order valence-corrected chi connectivity index (χ0v) is 13.2. The van der Waals surface area contributed by atoms with E-state index in [1.807, 2.05) is 12.1 Å². The normalized spacial score (nSPS) is 13.4. The van der Waals surface area contributed by atoms with E-state index in [1.165, 1.54) is 0 Å². The standard InChI is InChI=1S/C18H19N3O3/c22-10-9-20-17(23)14-7-8-19-16(11-14)12-1-3-13(4-2-12)18(24)21-15-5-6-15/h1-4,7-8,11,15,22H,5-6,9-10H2,(H,20,23)(H,21,24). The minimum Gasteiger partial charge on any atom is -0.395 e. The Bertz CT molecular complexity index is 739. The smallest absolute Gasteiger partial charge is 0.251 e. The van der Waals surface area contributed by atoms with Crippen molar-refractivity contribution in [3.05, 3.63) is 53.7 Å². The molecule has 1 heterocycles. The van der Waals surface area contributed by atoms with Gasteiger partial charge in [0.05, 0.1) is 12.3 Å². The van der Waals surface area contributed by atoms with Gasteiger partial charge in [0, 0.05) is 35.5 Å². The van der Waals surface area contributed by atoms with Gasteiger partial charge in [0.1, 0.15) is 0 Å². The molecule has 124 valence electrons. The monoisotopic (exact) mass is 325 g/mol. The van der Waals surface area contributed by atoms with Gasteiger partial charge < -0.3 is 15.7 Å². The van der Waals surface area contributed by atoms with Crippen LogP contribution in [-0.4, -0.2) is 41.1 Å². The number of carbonyl (C=O) groups excluding carboxylic acids is 2. The van der Waals surface area contributed by atoms with Crippen molar-refractivity contribution in [2.24, 2.45) is 0 Å². The van der Waals surface area contributed by atoms with E-state index in [9.17, 15) is 9.59 Å². The highest BCUT2D eigenvalue weighted by atomic mass is 16.3. The van der Waals surface area contributed by atoms with E-state index in [-0.39, 0.29) is 25.0 Å². The Balaban J connectivity index is 1.73. The fourth-order valence-electron chi connectivity index (χ4n) is 2.29. The number of amides is 2. The number of aromatic nitrogens is 1. The van der Waals surface area contributed by atoms with Gasteiger partial charge in [-0.1, -0.05) is 12.1 Å². The minimum absolute atomic E-state index is 0.0610. The van der Waals surface area contributed by atoms with Crippen molar-refractivity contribution >= 4 is 11.8 Å². The molecule has 1 aromatic heterocycles. The van der Waals surface area contributed by atoms with Crippen molar-refractivity contribution in [3.63, 3.8) is 0 Å². The molecule has 6 nitrogen and oxygen atoms in total. The van der Waals surface area contributed by atoms with E-state index in [4.69, 9.17) is 5.11 Å². The van der Waals surface area contributed by atoms with Gasteiger partial charge in [-0.3, -0.25) is 14.6 Å². The molecule has 1 aliphatic rings. The van der Waals surface area contributed by atoms with Crippen molar-refractivity contribution in [3.8, 4) is 11.3 Å². The zero-order valence-electron chi connectivity index (χ0n) is 13.2. The quantitative estimate of drug-likeness (QED) is 0.748. The second-order valence-corrected chi connectivity index (χ2v) is 5.73. The highest BCUT2D eigenvalue weighted by Gasteiger charge is 2.23. The van der Waals surface area contributed by atoms with Crippen LogP contribution in [-0.2, 0) is 0 Å². The topological polar surface area (TPSA) is 91.3 Å². The summed E-state index contributed by atoms with van der Waals surface area (Å²) in [6.45, 7) is 0.107. The lowest BCUT2D eigenvalue weighted by Gasteiger charge is -2.07. The Morgan fingerprint density at radius 1 is 1.08 bits per heavy atom. The summed E-state index contributed by atoms with van der Waals surface area (Å²) in [5.74, 6) is -0.317. The number of hydrogen-bond donors (Lipinski definition) is 3. The van der Waals surface area contributed by atoms with Crippen LogP contribution in [0.5, 0.6) is 0 Å². The molecule has 1 aliphatic carbocycles. The van der Waals surface area contributed by atoms with Crippen LogP contribution in [0.25, 0.3) is 11.3 Å². The summed E-state index contributed by atoms with van der Waals surface area (Å²) in [5.41, 5.74) is 2.57. The summed E-state index contributed by atoms with van der Waals surface area (Å²) < 4.78 is 0. The summed E-state index contributed by atoms with van der Waals surface area (Å²) in [6, 6.07) is 10.8. The van der Waals surface area contributed by atoms with Gasteiger partial charge in [-0.2, -0.15) is 0 Å². The summed E-state index contributed by atoms with van der Waals surface area (Å²) in [7, 11) is 0. The van der Waals surface area contributed by atoms with Crippen LogP contribution in [0.15, 0.2) is 42.6 Å². The molecule has 1 aromatic carbocycles. The predicted octanol–water partition coefficient (Wildman–Crippen LogP) is 1.36. The minimum atomic E-state index is -0.256. The van der Waals surface area contributed by atoms with Crippen LogP contribution < -0.4 is 10.6 Å². The number of rotatable bonds is 6. The molecule has 0 bridgehead atoms. The predicted molar refractivity (Wildman–Crippen MR) is 89.6 cm³/mol. The van der Waals surface area contributed by atoms with E-state index >= 15 is 0 Å². The third-order valence-corrected chi connectivity index (χ3v) is 3.77. The van der Waals surface area contributed by atoms with E-state index in [2.05, 4.69) is 15.6 Å². The molecule has 2 amide bonds. The first-order valence-electron chi connectivity index (χ1n) is 7.94. The first-order valence-corrected chi connectivity index (χ1v) is 7.94. The Labute approximate surface area is 139 Å². The third kappa shape index (κ3) is 3.97. The number of nitrogens with zero attached hydrogens (tertiary/aromatic N) is 1. The van der Waals surface area contributed by atoms with Crippen molar-refractivity contribution < 1.29 is 14.7 Å². The summed E-state index contributed by atoms with van der Waals surface area (Å²) in [4.78, 5) is 28.2. The van der Waals surface area contributed by atoms with Crippen LogP contribution in [0.2, 0.25) is 0 Å². The number of hydrogen-bond acceptors (Lipinski definition) is 4. The number of carbonyl (C=O) groups is 2. The molecule has 24 heavy (non-hydrogen) atoms. The lowest BCUT2D eigenvalue weighted by molar-refractivity contribution is 0.0939. The van der Waals surface area contributed by atoms with Crippen LogP contribution in [0.3, 0.4) is 0 Å². The summed E-state index contributed by atoms with van der Waals surface area (Å²) in [6.07, 6.45) is 3.68. The molecule has 1 fully saturated rings. The van der Waals surface area contributed by atoms with Crippen LogP contribution in [0.4, 0.5) is 0 Å². The zero-order chi connectivity index (χ0) is 16.9. The van der Waals surface area contributed by atoms with Crippen LogP contribution >= 0.6 is 0 Å². The first-order chi connectivity index (χ1) is 11.7. The molecular weight excluding hydrogens is 306 g/mol. The number of nitrogens with one attached hydrogen (secondary N) is 2. The maximum Gasteiger partial charge on any atom is 0.251 e. The lowest BCUT2D eigenvalue weighted by atomic mass is 10.1. The highest BCUT2D eigenvalue weighted by Crippen LogP contribution is 2.21. The van der Waals surface area contributed by atoms with Gasteiger partial charge >= 0.3 is 0 Å². The van der Waals surface area contributed by atoms with Crippen molar-refractivity contribution in [1.29, 1.82) is 0 Å². The van der Waals surface area contributed by atoms with Crippen LogP contribution in [0, 0.1) is 0 Å². The SMILES string of the molecule is O=C(NCCO)c1ccnc(-c2ccc(C(=O)NC3CC3)cc2)c1. The Kier molecular flexibility index (Phi) is 4.86. The molecule has 0 atom stereocenters. The van der Waals surface area contributed by atoms with E-state index < -0.39 is 0 Å². The van der Waals surface area contributed by atoms with Gasteiger partial charge in [0.15, 0.2) is 0 Å². The number of benzene rings is 1. The molecule has 3 rings (SSSR count). The van der Waals surface area contributed by atoms with Crippen molar-refractivity contribution in [2.45, 2.75) is 18.9 Å². The molecular formula is C18H19N3O3. The average molecular weight is 325 g/mol. The van der Waals surface area contributed by atoms with Gasteiger partial charge in [0.2, 0.25) is 0 Å². The molecule has 2 aromatic rings. The Hall–Kier alpha value is -2.73. The van der Waals surface area contributed by atoms with Gasteiger partial charge in [-0.25, -0.2) is 0 Å². The molecule has 0 radical (unpaired) electrons. The molecule has 3 N–H and O–H groups in total. The molecule has 0 unspecified atom stereocenters. The molecule has 0 spiro atoms. The number of aliphatic hydroxyl groups is 1.